The lowest BCUT2D eigenvalue weighted by atomic mass is 9.97. The number of para-hydroxylation sites is 1. The number of carbonyl (C=O) groups excluding carboxylic acids is 1. The van der Waals surface area contributed by atoms with Gasteiger partial charge in [-0.15, -0.1) is 0 Å². The molecule has 1 amide bonds. The van der Waals surface area contributed by atoms with Crippen molar-refractivity contribution in [3.63, 3.8) is 0 Å². The quantitative estimate of drug-likeness (QED) is 0.713. The largest absolute Gasteiger partial charge is 0.394 e. The molecule has 110 valence electrons. The van der Waals surface area contributed by atoms with Crippen molar-refractivity contribution < 1.29 is 9.90 Å². The minimum Gasteiger partial charge on any atom is -0.394 e. The third-order valence-electron chi connectivity index (χ3n) is 4.13. The number of aryl methyl sites for hydroxylation is 1. The molecule has 3 N–H and O–H groups in total. The summed E-state index contributed by atoms with van der Waals surface area (Å²) < 4.78 is 0. The number of hydrogen-bond acceptors (Lipinski definition) is 3. The van der Waals surface area contributed by atoms with Gasteiger partial charge in [-0.2, -0.15) is 0 Å². The van der Waals surface area contributed by atoms with Gasteiger partial charge < -0.3 is 15.7 Å². The predicted octanol–water partition coefficient (Wildman–Crippen LogP) is 1.94. The summed E-state index contributed by atoms with van der Waals surface area (Å²) >= 11 is 0. The predicted molar refractivity (Wildman–Crippen MR) is 80.7 cm³/mol. The molecule has 0 spiro atoms. The number of nitrogens with one attached hydrogen (secondary N) is 2. The van der Waals surface area contributed by atoms with Gasteiger partial charge in [-0.05, 0) is 43.7 Å². The molecule has 0 bridgehead atoms. The zero-order chi connectivity index (χ0) is 14.6. The molecule has 0 saturated heterocycles. The Morgan fingerprint density at radius 2 is 2.10 bits per heavy atom. The van der Waals surface area contributed by atoms with Crippen LogP contribution in [0.15, 0.2) is 24.3 Å². The summed E-state index contributed by atoms with van der Waals surface area (Å²) in [5, 5.41) is 15.6. The van der Waals surface area contributed by atoms with Crippen LogP contribution in [-0.2, 0) is 11.2 Å². The van der Waals surface area contributed by atoms with Gasteiger partial charge in [0, 0.05) is 11.2 Å². The number of amides is 1. The van der Waals surface area contributed by atoms with E-state index in [1.165, 1.54) is 0 Å². The third kappa shape index (κ3) is 3.58. The highest BCUT2D eigenvalue weighted by Crippen LogP contribution is 2.39. The fourth-order valence-electron chi connectivity index (χ4n) is 2.48. The molecule has 2 rings (SSSR count). The normalized spacial score (nSPS) is 17.6. The molecule has 1 aliphatic rings. The van der Waals surface area contributed by atoms with E-state index in [1.54, 1.807) is 0 Å². The highest BCUT2D eigenvalue weighted by atomic mass is 16.3. The number of benzene rings is 1. The van der Waals surface area contributed by atoms with Gasteiger partial charge in [0.2, 0.25) is 5.91 Å². The lowest BCUT2D eigenvalue weighted by molar-refractivity contribution is -0.115. The molecule has 1 aromatic carbocycles. The van der Waals surface area contributed by atoms with Crippen LogP contribution in [0.5, 0.6) is 0 Å². The lowest BCUT2D eigenvalue weighted by Crippen LogP contribution is -2.50. The van der Waals surface area contributed by atoms with Crippen molar-refractivity contribution >= 4 is 11.6 Å². The minimum absolute atomic E-state index is 0.0637. The SMILES string of the molecule is CCc1ccccc1NC(=O)CN[C@@](C)(CO)C1CC1. The minimum atomic E-state index is -0.332. The van der Waals surface area contributed by atoms with E-state index >= 15 is 0 Å². The molecule has 20 heavy (non-hydrogen) atoms. The molecular formula is C16H24N2O2. The van der Waals surface area contributed by atoms with Crippen LogP contribution in [0.1, 0.15) is 32.3 Å². The molecule has 1 fully saturated rings. The van der Waals surface area contributed by atoms with Gasteiger partial charge in [0.25, 0.3) is 0 Å². The zero-order valence-corrected chi connectivity index (χ0v) is 12.3. The standard InChI is InChI=1S/C16H24N2O2/c1-3-12-6-4-5-7-14(12)18-15(20)10-17-16(2,11-19)13-8-9-13/h4-7,13,17,19H,3,8-11H2,1-2H3,(H,18,20)/t16-/m0/s1. The number of carbonyl (C=O) groups is 1. The van der Waals surface area contributed by atoms with Gasteiger partial charge in [0.1, 0.15) is 0 Å². The van der Waals surface area contributed by atoms with Gasteiger partial charge >= 0.3 is 0 Å². The van der Waals surface area contributed by atoms with E-state index in [2.05, 4.69) is 17.6 Å². The third-order valence-corrected chi connectivity index (χ3v) is 4.13. The maximum Gasteiger partial charge on any atom is 0.238 e. The second-order valence-electron chi connectivity index (χ2n) is 5.76. The fraction of sp³-hybridized carbons (Fsp3) is 0.562. The van der Waals surface area contributed by atoms with E-state index in [0.29, 0.717) is 5.92 Å². The van der Waals surface area contributed by atoms with Crippen LogP contribution >= 0.6 is 0 Å². The molecule has 0 radical (unpaired) electrons. The van der Waals surface area contributed by atoms with Gasteiger partial charge in [0.15, 0.2) is 0 Å². The summed E-state index contributed by atoms with van der Waals surface area (Å²) in [6.07, 6.45) is 3.15. The van der Waals surface area contributed by atoms with Crippen LogP contribution in [0.3, 0.4) is 0 Å². The molecule has 4 nitrogen and oxygen atoms in total. The fourth-order valence-corrected chi connectivity index (χ4v) is 2.48. The molecule has 0 unspecified atom stereocenters. The Bertz CT molecular complexity index is 471. The van der Waals surface area contributed by atoms with Gasteiger partial charge in [-0.25, -0.2) is 0 Å². The van der Waals surface area contributed by atoms with Gasteiger partial charge in [-0.1, -0.05) is 25.1 Å². The second-order valence-corrected chi connectivity index (χ2v) is 5.76. The Kier molecular flexibility index (Phi) is 4.78. The Balaban J connectivity index is 1.89. The van der Waals surface area contributed by atoms with E-state index < -0.39 is 0 Å². The number of aliphatic hydroxyl groups excluding tert-OH is 1. The smallest absolute Gasteiger partial charge is 0.238 e. The highest BCUT2D eigenvalue weighted by molar-refractivity contribution is 5.93. The molecule has 1 atom stereocenters. The van der Waals surface area contributed by atoms with Crippen molar-refractivity contribution in [2.24, 2.45) is 5.92 Å². The van der Waals surface area contributed by atoms with Crippen molar-refractivity contribution in [3.05, 3.63) is 29.8 Å². The van der Waals surface area contributed by atoms with Crippen LogP contribution in [0.4, 0.5) is 5.69 Å². The Morgan fingerprint density at radius 3 is 2.70 bits per heavy atom. The first-order chi connectivity index (χ1) is 9.59. The summed E-state index contributed by atoms with van der Waals surface area (Å²) in [6, 6.07) is 7.83. The van der Waals surface area contributed by atoms with Gasteiger partial charge in [-0.3, -0.25) is 4.79 Å². The van der Waals surface area contributed by atoms with E-state index in [0.717, 1.165) is 30.5 Å². The molecule has 0 aromatic heterocycles. The average molecular weight is 276 g/mol. The van der Waals surface area contributed by atoms with Crippen LogP contribution in [-0.4, -0.2) is 29.7 Å². The Morgan fingerprint density at radius 1 is 1.40 bits per heavy atom. The van der Waals surface area contributed by atoms with Crippen molar-refractivity contribution in [2.75, 3.05) is 18.5 Å². The van der Waals surface area contributed by atoms with Crippen LogP contribution < -0.4 is 10.6 Å². The van der Waals surface area contributed by atoms with E-state index in [9.17, 15) is 9.90 Å². The molecule has 1 aliphatic carbocycles. The highest BCUT2D eigenvalue weighted by Gasteiger charge is 2.40. The number of rotatable bonds is 7. The first kappa shape index (κ1) is 15.0. The first-order valence-electron chi connectivity index (χ1n) is 7.32. The molecule has 1 saturated carbocycles. The summed E-state index contributed by atoms with van der Waals surface area (Å²) in [4.78, 5) is 12.0. The Hall–Kier alpha value is -1.39. The molecule has 4 heteroatoms. The summed E-state index contributed by atoms with van der Waals surface area (Å²) in [5.74, 6) is 0.425. The maximum atomic E-state index is 12.0. The summed E-state index contributed by atoms with van der Waals surface area (Å²) in [6.45, 7) is 4.35. The van der Waals surface area contributed by atoms with Crippen LogP contribution in [0, 0.1) is 5.92 Å². The molecule has 0 heterocycles. The van der Waals surface area contributed by atoms with E-state index in [1.807, 2.05) is 31.2 Å². The van der Waals surface area contributed by atoms with Crippen molar-refractivity contribution in [2.45, 2.75) is 38.6 Å². The van der Waals surface area contributed by atoms with Gasteiger partial charge in [0.05, 0.1) is 13.2 Å². The lowest BCUT2D eigenvalue weighted by Gasteiger charge is -2.28. The number of hydrogen-bond donors (Lipinski definition) is 3. The number of aliphatic hydroxyl groups is 1. The topological polar surface area (TPSA) is 61.4 Å². The monoisotopic (exact) mass is 276 g/mol. The molecule has 1 aromatic rings. The van der Waals surface area contributed by atoms with Crippen molar-refractivity contribution in [1.82, 2.24) is 5.32 Å². The van der Waals surface area contributed by atoms with E-state index in [-0.39, 0.29) is 24.6 Å². The molecular weight excluding hydrogens is 252 g/mol. The van der Waals surface area contributed by atoms with Crippen molar-refractivity contribution in [1.29, 1.82) is 0 Å². The van der Waals surface area contributed by atoms with E-state index in [4.69, 9.17) is 0 Å². The zero-order valence-electron chi connectivity index (χ0n) is 12.3. The van der Waals surface area contributed by atoms with Crippen LogP contribution in [0.25, 0.3) is 0 Å². The summed E-state index contributed by atoms with van der Waals surface area (Å²) in [5.41, 5.74) is 1.67. The summed E-state index contributed by atoms with van der Waals surface area (Å²) in [7, 11) is 0. The first-order valence-corrected chi connectivity index (χ1v) is 7.32. The second kappa shape index (κ2) is 6.37. The van der Waals surface area contributed by atoms with Crippen LogP contribution in [0.2, 0.25) is 0 Å². The maximum absolute atomic E-state index is 12.0. The average Bonchev–Trinajstić information content (AvgIpc) is 3.30. The molecule has 0 aliphatic heterocycles. The Labute approximate surface area is 120 Å². The van der Waals surface area contributed by atoms with Crippen molar-refractivity contribution in [3.8, 4) is 0 Å². The number of anilines is 1.